The molecule has 0 aliphatic carbocycles. The van der Waals surface area contributed by atoms with Gasteiger partial charge in [-0.2, -0.15) is 5.26 Å². The Kier molecular flexibility index (Phi) is 5.63. The predicted molar refractivity (Wildman–Crippen MR) is 118 cm³/mol. The second-order valence-electron chi connectivity index (χ2n) is 6.52. The van der Waals surface area contributed by atoms with Crippen LogP contribution in [0.3, 0.4) is 0 Å². The van der Waals surface area contributed by atoms with Crippen LogP contribution in [-0.2, 0) is 9.59 Å². The summed E-state index contributed by atoms with van der Waals surface area (Å²) in [6.07, 6.45) is 0. The molecule has 2 amide bonds. The molecule has 1 aliphatic rings. The van der Waals surface area contributed by atoms with Gasteiger partial charge < -0.3 is 10.1 Å². The molecule has 0 radical (unpaired) electrons. The predicted octanol–water partition coefficient (Wildman–Crippen LogP) is 5.14. The molecule has 0 bridgehead atoms. The Morgan fingerprint density at radius 1 is 0.903 bits per heavy atom. The van der Waals surface area contributed by atoms with Gasteiger partial charge in [0.1, 0.15) is 23.3 Å². The number of para-hydroxylation sites is 1. The molecule has 1 heterocycles. The molecule has 8 heteroatoms. The molecule has 6 nitrogen and oxygen atoms in total. The molecule has 31 heavy (non-hydrogen) atoms. The molecule has 0 spiro atoms. The Labute approximate surface area is 187 Å². The quantitative estimate of drug-likeness (QED) is 0.526. The van der Waals surface area contributed by atoms with Gasteiger partial charge in [-0.05, 0) is 54.1 Å². The molecule has 3 aromatic rings. The number of hydrogen-bond donors (Lipinski definition) is 2. The number of imide groups is 1. The highest BCUT2D eigenvalue weighted by Gasteiger charge is 2.31. The van der Waals surface area contributed by atoms with E-state index >= 15 is 0 Å². The SMILES string of the molecule is N#Cc1ccccc1Oc1ccc(NC2=C(c3ccc(Cl)c(Cl)c3)C(=O)NC2=O)cc1. The number of hydrogen-bond acceptors (Lipinski definition) is 5. The van der Waals surface area contributed by atoms with E-state index in [1.54, 1.807) is 60.7 Å². The maximum absolute atomic E-state index is 12.3. The summed E-state index contributed by atoms with van der Waals surface area (Å²) in [5, 5.41) is 15.1. The highest BCUT2D eigenvalue weighted by Crippen LogP contribution is 2.31. The minimum absolute atomic E-state index is 0.104. The molecule has 0 fully saturated rings. The monoisotopic (exact) mass is 449 g/mol. The fourth-order valence-corrected chi connectivity index (χ4v) is 3.33. The number of rotatable bonds is 5. The van der Waals surface area contributed by atoms with Crippen LogP contribution in [0.25, 0.3) is 5.57 Å². The van der Waals surface area contributed by atoms with E-state index in [0.29, 0.717) is 33.3 Å². The summed E-state index contributed by atoms with van der Waals surface area (Å²) in [6.45, 7) is 0. The average molecular weight is 450 g/mol. The summed E-state index contributed by atoms with van der Waals surface area (Å²) in [7, 11) is 0. The normalized spacial score (nSPS) is 13.1. The van der Waals surface area contributed by atoms with Gasteiger partial charge in [0.25, 0.3) is 11.8 Å². The Hall–Kier alpha value is -3.79. The highest BCUT2D eigenvalue weighted by atomic mass is 35.5. The summed E-state index contributed by atoms with van der Waals surface area (Å²) in [5.41, 5.74) is 1.73. The number of benzene rings is 3. The van der Waals surface area contributed by atoms with E-state index in [4.69, 9.17) is 27.9 Å². The summed E-state index contributed by atoms with van der Waals surface area (Å²) in [6, 6.07) is 20.4. The van der Waals surface area contributed by atoms with Gasteiger partial charge in [0.05, 0.1) is 21.2 Å². The van der Waals surface area contributed by atoms with Crippen molar-refractivity contribution < 1.29 is 14.3 Å². The van der Waals surface area contributed by atoms with Crippen molar-refractivity contribution in [3.63, 3.8) is 0 Å². The minimum atomic E-state index is -0.547. The summed E-state index contributed by atoms with van der Waals surface area (Å²) in [5.74, 6) is -0.122. The zero-order valence-corrected chi connectivity index (χ0v) is 17.3. The largest absolute Gasteiger partial charge is 0.456 e. The van der Waals surface area contributed by atoms with Crippen molar-refractivity contribution in [2.75, 3.05) is 5.32 Å². The third-order valence-corrected chi connectivity index (χ3v) is 5.24. The Morgan fingerprint density at radius 3 is 2.35 bits per heavy atom. The summed E-state index contributed by atoms with van der Waals surface area (Å²) in [4.78, 5) is 24.7. The summed E-state index contributed by atoms with van der Waals surface area (Å²) < 4.78 is 5.76. The van der Waals surface area contributed by atoms with E-state index in [1.807, 2.05) is 0 Å². The first-order valence-corrected chi connectivity index (χ1v) is 9.81. The lowest BCUT2D eigenvalue weighted by atomic mass is 10.0. The number of carbonyl (C=O) groups is 2. The fourth-order valence-electron chi connectivity index (χ4n) is 3.03. The van der Waals surface area contributed by atoms with Crippen LogP contribution in [0.2, 0.25) is 10.0 Å². The van der Waals surface area contributed by atoms with Crippen LogP contribution in [0.5, 0.6) is 11.5 Å². The first kappa shape index (κ1) is 20.5. The zero-order valence-electron chi connectivity index (χ0n) is 15.8. The molecule has 0 aromatic heterocycles. The molecule has 152 valence electrons. The van der Waals surface area contributed by atoms with Crippen molar-refractivity contribution in [3.05, 3.63) is 93.6 Å². The van der Waals surface area contributed by atoms with E-state index in [9.17, 15) is 14.9 Å². The fraction of sp³-hybridized carbons (Fsp3) is 0. The standard InChI is InChI=1S/C23H13Cl2N3O3/c24-17-10-5-13(11-18(17)25)20-21(23(30)28-22(20)29)27-15-6-8-16(9-7-15)31-19-4-2-1-3-14(19)12-26/h1-11H,(H2,27,28,29,30). The van der Waals surface area contributed by atoms with Gasteiger partial charge in [-0.15, -0.1) is 0 Å². The molecule has 3 aromatic carbocycles. The molecule has 0 saturated carbocycles. The van der Waals surface area contributed by atoms with Crippen LogP contribution >= 0.6 is 23.2 Å². The van der Waals surface area contributed by atoms with E-state index < -0.39 is 11.8 Å². The number of nitrogens with one attached hydrogen (secondary N) is 2. The maximum Gasteiger partial charge on any atom is 0.275 e. The van der Waals surface area contributed by atoms with Crippen molar-refractivity contribution in [3.8, 4) is 17.6 Å². The first-order valence-electron chi connectivity index (χ1n) is 9.05. The molecular weight excluding hydrogens is 437 g/mol. The third-order valence-electron chi connectivity index (χ3n) is 4.50. The Balaban J connectivity index is 1.60. The molecule has 0 unspecified atom stereocenters. The average Bonchev–Trinajstić information content (AvgIpc) is 3.04. The maximum atomic E-state index is 12.3. The molecule has 4 rings (SSSR count). The first-order chi connectivity index (χ1) is 15.0. The number of nitrogens with zero attached hydrogens (tertiary/aromatic N) is 1. The van der Waals surface area contributed by atoms with E-state index in [-0.39, 0.29) is 16.3 Å². The number of amides is 2. The van der Waals surface area contributed by atoms with Gasteiger partial charge in [-0.25, -0.2) is 0 Å². The number of halogens is 2. The highest BCUT2D eigenvalue weighted by molar-refractivity contribution is 6.42. The van der Waals surface area contributed by atoms with Crippen molar-refractivity contribution in [2.24, 2.45) is 0 Å². The Morgan fingerprint density at radius 2 is 1.65 bits per heavy atom. The molecular formula is C23H13Cl2N3O3. The topological polar surface area (TPSA) is 91.2 Å². The molecule has 0 saturated heterocycles. The van der Waals surface area contributed by atoms with Gasteiger partial charge in [0, 0.05) is 5.69 Å². The molecule has 2 N–H and O–H groups in total. The van der Waals surface area contributed by atoms with E-state index in [0.717, 1.165) is 0 Å². The second kappa shape index (κ2) is 8.52. The second-order valence-corrected chi connectivity index (χ2v) is 7.34. The van der Waals surface area contributed by atoms with Crippen molar-refractivity contribution in [1.82, 2.24) is 5.32 Å². The minimum Gasteiger partial charge on any atom is -0.456 e. The number of nitriles is 1. The smallest absolute Gasteiger partial charge is 0.275 e. The van der Waals surface area contributed by atoms with E-state index in [2.05, 4.69) is 16.7 Å². The number of ether oxygens (including phenoxy) is 1. The lowest BCUT2D eigenvalue weighted by Crippen LogP contribution is -2.24. The zero-order chi connectivity index (χ0) is 22.0. The van der Waals surface area contributed by atoms with Gasteiger partial charge in [0.15, 0.2) is 0 Å². The number of anilines is 1. The van der Waals surface area contributed by atoms with E-state index in [1.165, 1.54) is 6.07 Å². The van der Waals surface area contributed by atoms with Crippen molar-refractivity contribution in [2.45, 2.75) is 0 Å². The van der Waals surface area contributed by atoms with Crippen LogP contribution in [0.1, 0.15) is 11.1 Å². The number of carbonyl (C=O) groups excluding carboxylic acids is 2. The van der Waals surface area contributed by atoms with Crippen LogP contribution < -0.4 is 15.4 Å². The summed E-state index contributed by atoms with van der Waals surface area (Å²) >= 11 is 12.0. The van der Waals surface area contributed by atoms with Crippen molar-refractivity contribution >= 4 is 46.3 Å². The van der Waals surface area contributed by atoms with Crippen LogP contribution in [-0.4, -0.2) is 11.8 Å². The third kappa shape index (κ3) is 4.24. The van der Waals surface area contributed by atoms with Gasteiger partial charge >= 0.3 is 0 Å². The lowest BCUT2D eigenvalue weighted by Gasteiger charge is -2.11. The molecule has 1 aliphatic heterocycles. The van der Waals surface area contributed by atoms with Gasteiger partial charge in [-0.3, -0.25) is 14.9 Å². The van der Waals surface area contributed by atoms with Crippen LogP contribution in [0.4, 0.5) is 5.69 Å². The van der Waals surface area contributed by atoms with Crippen LogP contribution in [0.15, 0.2) is 72.4 Å². The van der Waals surface area contributed by atoms with Crippen molar-refractivity contribution in [1.29, 1.82) is 5.26 Å². The lowest BCUT2D eigenvalue weighted by molar-refractivity contribution is -0.123. The van der Waals surface area contributed by atoms with Gasteiger partial charge in [0.2, 0.25) is 0 Å². The van der Waals surface area contributed by atoms with Crippen LogP contribution in [0, 0.1) is 11.3 Å². The molecule has 0 atom stereocenters. The van der Waals surface area contributed by atoms with Gasteiger partial charge in [-0.1, -0.05) is 41.4 Å². The Bertz CT molecular complexity index is 1280.